The number of amides is 1. The Balaban J connectivity index is 1.47. The molecule has 2 heterocycles. The molecule has 5 rings (SSSR count). The van der Waals surface area contributed by atoms with Gasteiger partial charge in [-0.2, -0.15) is 0 Å². The van der Waals surface area contributed by atoms with Crippen molar-refractivity contribution in [2.45, 2.75) is 0 Å². The molecule has 0 aliphatic rings. The number of rotatable bonds is 6. The van der Waals surface area contributed by atoms with Gasteiger partial charge < -0.3 is 19.5 Å². The Morgan fingerprint density at radius 2 is 1.68 bits per heavy atom. The summed E-state index contributed by atoms with van der Waals surface area (Å²) in [4.78, 5) is 21.0. The van der Waals surface area contributed by atoms with Gasteiger partial charge in [0.1, 0.15) is 11.5 Å². The van der Waals surface area contributed by atoms with E-state index in [0.29, 0.717) is 34.2 Å². The molecular weight excluding hydrogens is 430 g/mol. The predicted molar refractivity (Wildman–Crippen MR) is 131 cm³/mol. The molecule has 0 fully saturated rings. The minimum atomic E-state index is -0.214. The lowest BCUT2D eigenvalue weighted by Gasteiger charge is -2.13. The van der Waals surface area contributed by atoms with Gasteiger partial charge in [0.25, 0.3) is 5.91 Å². The fraction of sp³-hybridized carbons (Fsp3) is 0.0741. The van der Waals surface area contributed by atoms with E-state index in [2.05, 4.69) is 15.3 Å². The molecule has 0 bridgehead atoms. The molecule has 7 nitrogen and oxygen atoms in total. The third-order valence-corrected chi connectivity index (χ3v) is 5.46. The molecule has 0 spiro atoms. The van der Waals surface area contributed by atoms with Crippen molar-refractivity contribution in [1.82, 2.24) is 9.97 Å². The van der Waals surface area contributed by atoms with Gasteiger partial charge in [-0.15, -0.1) is 0 Å². The third kappa shape index (κ3) is 4.06. The smallest absolute Gasteiger partial charge is 0.257 e. The lowest BCUT2D eigenvalue weighted by molar-refractivity contribution is 0.102. The highest BCUT2D eigenvalue weighted by atomic mass is 16.5. The first-order chi connectivity index (χ1) is 16.7. The van der Waals surface area contributed by atoms with Crippen molar-refractivity contribution < 1.29 is 19.0 Å². The molecule has 3 aromatic carbocycles. The van der Waals surface area contributed by atoms with Crippen molar-refractivity contribution in [2.75, 3.05) is 19.5 Å². The number of carbonyl (C=O) groups excluding carboxylic acids is 1. The van der Waals surface area contributed by atoms with Crippen LogP contribution in [0, 0.1) is 0 Å². The highest BCUT2D eigenvalue weighted by Crippen LogP contribution is 2.37. The number of ether oxygens (including phenoxy) is 3. The summed E-state index contributed by atoms with van der Waals surface area (Å²) in [7, 11) is 3.18. The van der Waals surface area contributed by atoms with Crippen molar-refractivity contribution in [1.29, 1.82) is 0 Å². The van der Waals surface area contributed by atoms with Crippen LogP contribution in [-0.2, 0) is 0 Å². The van der Waals surface area contributed by atoms with Gasteiger partial charge in [0.2, 0.25) is 0 Å². The molecule has 0 saturated carbocycles. The molecular formula is C27H21N3O4. The summed E-state index contributed by atoms with van der Waals surface area (Å²) < 4.78 is 17.0. The topological polar surface area (TPSA) is 82.6 Å². The summed E-state index contributed by atoms with van der Waals surface area (Å²) in [5.74, 6) is 2.29. The Hall–Kier alpha value is -4.65. The van der Waals surface area contributed by atoms with Crippen molar-refractivity contribution >= 4 is 33.3 Å². The molecule has 0 aliphatic carbocycles. The molecule has 2 aromatic heterocycles. The van der Waals surface area contributed by atoms with Gasteiger partial charge in [0.15, 0.2) is 11.5 Å². The van der Waals surface area contributed by atoms with Crippen LogP contribution in [0.1, 0.15) is 10.4 Å². The zero-order valence-electron chi connectivity index (χ0n) is 18.6. The first-order valence-electron chi connectivity index (χ1n) is 10.6. The summed E-state index contributed by atoms with van der Waals surface area (Å²) in [6, 6.07) is 20.4. The number of methoxy groups -OCH3 is 2. The number of anilines is 1. The van der Waals surface area contributed by atoms with Crippen LogP contribution in [0.3, 0.4) is 0 Å². The molecule has 0 unspecified atom stereocenters. The summed E-state index contributed by atoms with van der Waals surface area (Å²) >= 11 is 0. The minimum absolute atomic E-state index is 0.214. The summed E-state index contributed by atoms with van der Waals surface area (Å²) in [6.07, 6.45) is 4.86. The van der Waals surface area contributed by atoms with Crippen LogP contribution in [0.4, 0.5) is 5.69 Å². The number of benzene rings is 3. The summed E-state index contributed by atoms with van der Waals surface area (Å²) in [6.45, 7) is 0. The second-order valence-corrected chi connectivity index (χ2v) is 7.52. The fourth-order valence-corrected chi connectivity index (χ4v) is 3.79. The molecule has 168 valence electrons. The number of pyridine rings is 2. The van der Waals surface area contributed by atoms with Crippen LogP contribution in [0.25, 0.3) is 21.7 Å². The number of hydrogen-bond acceptors (Lipinski definition) is 6. The Bertz CT molecular complexity index is 1500. The van der Waals surface area contributed by atoms with E-state index >= 15 is 0 Å². The molecule has 5 aromatic rings. The number of nitrogens with zero attached hydrogens (tertiary/aromatic N) is 2. The second-order valence-electron chi connectivity index (χ2n) is 7.52. The first kappa shape index (κ1) is 21.2. The molecule has 1 N–H and O–H groups in total. The molecule has 0 aliphatic heterocycles. The Morgan fingerprint density at radius 1 is 0.824 bits per heavy atom. The van der Waals surface area contributed by atoms with Crippen molar-refractivity contribution in [3.05, 3.63) is 90.9 Å². The van der Waals surface area contributed by atoms with E-state index < -0.39 is 0 Å². The zero-order valence-corrected chi connectivity index (χ0v) is 18.6. The van der Waals surface area contributed by atoms with Crippen molar-refractivity contribution in [3.63, 3.8) is 0 Å². The molecule has 7 heteroatoms. The zero-order chi connectivity index (χ0) is 23.5. The number of fused-ring (bicyclic) bond motifs is 2. The second kappa shape index (κ2) is 9.07. The molecule has 1 amide bonds. The van der Waals surface area contributed by atoms with Crippen LogP contribution in [-0.4, -0.2) is 30.1 Å². The van der Waals surface area contributed by atoms with E-state index in [4.69, 9.17) is 14.2 Å². The summed E-state index contributed by atoms with van der Waals surface area (Å²) in [5.41, 5.74) is 1.94. The Morgan fingerprint density at radius 3 is 2.47 bits per heavy atom. The Kier molecular flexibility index (Phi) is 5.66. The van der Waals surface area contributed by atoms with E-state index in [1.165, 1.54) is 6.20 Å². The van der Waals surface area contributed by atoms with Gasteiger partial charge in [-0.05, 0) is 53.9 Å². The lowest BCUT2D eigenvalue weighted by atomic mass is 10.1. The number of hydrogen-bond donors (Lipinski definition) is 1. The normalized spacial score (nSPS) is 10.8. The van der Waals surface area contributed by atoms with Gasteiger partial charge >= 0.3 is 0 Å². The van der Waals surface area contributed by atoms with Crippen LogP contribution < -0.4 is 19.5 Å². The van der Waals surface area contributed by atoms with Crippen molar-refractivity contribution in [2.24, 2.45) is 0 Å². The average molecular weight is 451 g/mol. The highest BCUT2D eigenvalue weighted by molar-refractivity contribution is 6.09. The van der Waals surface area contributed by atoms with Crippen LogP contribution in [0.2, 0.25) is 0 Å². The van der Waals surface area contributed by atoms with Gasteiger partial charge in [-0.1, -0.05) is 12.1 Å². The van der Waals surface area contributed by atoms with Gasteiger partial charge in [-0.3, -0.25) is 14.8 Å². The van der Waals surface area contributed by atoms with Gasteiger partial charge in [0, 0.05) is 41.1 Å². The molecule has 0 radical (unpaired) electrons. The van der Waals surface area contributed by atoms with Crippen LogP contribution in [0.5, 0.6) is 23.0 Å². The van der Waals surface area contributed by atoms with E-state index in [1.807, 2.05) is 54.6 Å². The average Bonchev–Trinajstić information content (AvgIpc) is 2.88. The van der Waals surface area contributed by atoms with Gasteiger partial charge in [-0.25, -0.2) is 0 Å². The van der Waals surface area contributed by atoms with E-state index in [1.54, 1.807) is 38.7 Å². The van der Waals surface area contributed by atoms with E-state index in [9.17, 15) is 4.79 Å². The molecule has 34 heavy (non-hydrogen) atoms. The predicted octanol–water partition coefficient (Wildman–Crippen LogP) is 5.84. The summed E-state index contributed by atoms with van der Waals surface area (Å²) in [5, 5.41) is 5.60. The first-order valence-corrected chi connectivity index (χ1v) is 10.6. The maximum atomic E-state index is 12.6. The number of nitrogens with one attached hydrogen (secondary N) is 1. The molecule has 0 atom stereocenters. The van der Waals surface area contributed by atoms with E-state index in [-0.39, 0.29) is 5.91 Å². The SMILES string of the molecule is COc1cc2nccc(Oc3ccc4c(NC(=O)c5cccnc5)cccc4c3)c2cc1OC. The fourth-order valence-electron chi connectivity index (χ4n) is 3.79. The standard InChI is InChI=1S/C27H21N3O4/c1-32-25-14-21-23(15-26(25)33-2)29-12-10-24(21)34-19-8-9-20-17(13-19)5-3-7-22(20)30-27(31)18-6-4-11-28-16-18/h3-16H,1-2H3,(H,30,31). The lowest BCUT2D eigenvalue weighted by Crippen LogP contribution is -2.12. The highest BCUT2D eigenvalue weighted by Gasteiger charge is 2.13. The number of aromatic nitrogens is 2. The number of carbonyl (C=O) groups is 1. The maximum Gasteiger partial charge on any atom is 0.257 e. The van der Waals surface area contributed by atoms with Gasteiger partial charge in [0.05, 0.1) is 25.3 Å². The monoisotopic (exact) mass is 451 g/mol. The largest absolute Gasteiger partial charge is 0.493 e. The maximum absolute atomic E-state index is 12.6. The van der Waals surface area contributed by atoms with Crippen LogP contribution in [0.15, 0.2) is 85.3 Å². The Labute approximate surface area is 195 Å². The molecule has 0 saturated heterocycles. The minimum Gasteiger partial charge on any atom is -0.493 e. The third-order valence-electron chi connectivity index (χ3n) is 5.46. The van der Waals surface area contributed by atoms with Crippen LogP contribution >= 0.6 is 0 Å². The van der Waals surface area contributed by atoms with E-state index in [0.717, 1.165) is 21.7 Å². The van der Waals surface area contributed by atoms with Crippen molar-refractivity contribution in [3.8, 4) is 23.0 Å². The quantitative estimate of drug-likeness (QED) is 0.349.